The number of piperidine rings is 1. The number of hydrogen-bond acceptors (Lipinski definition) is 2. The highest BCUT2D eigenvalue weighted by molar-refractivity contribution is 5.85. The molecule has 0 aromatic rings. The predicted molar refractivity (Wildman–Crippen MR) is 55.9 cm³/mol. The fourth-order valence-electron chi connectivity index (χ4n) is 1.68. The van der Waals surface area contributed by atoms with E-state index in [2.05, 4.69) is 6.92 Å². The maximum atomic E-state index is 11.4. The summed E-state index contributed by atoms with van der Waals surface area (Å²) < 4.78 is 0. The van der Waals surface area contributed by atoms with Crippen LogP contribution in [0.3, 0.4) is 0 Å². The third-order valence-electron chi connectivity index (χ3n) is 2.36. The zero-order valence-electron chi connectivity index (χ0n) is 8.32. The van der Waals surface area contributed by atoms with E-state index in [0.29, 0.717) is 5.92 Å². The molecular formula is C9H19ClN2O. The predicted octanol–water partition coefficient (Wildman–Crippen LogP) is 1.01. The minimum atomic E-state index is -0.338. The van der Waals surface area contributed by atoms with Crippen LogP contribution in [0.15, 0.2) is 0 Å². The molecule has 1 heterocycles. The molecule has 1 saturated heterocycles. The van der Waals surface area contributed by atoms with Gasteiger partial charge < -0.3 is 10.6 Å². The van der Waals surface area contributed by atoms with E-state index in [1.165, 1.54) is 6.42 Å². The molecule has 2 N–H and O–H groups in total. The number of carbonyl (C=O) groups excluding carboxylic acids is 1. The first-order chi connectivity index (χ1) is 5.61. The van der Waals surface area contributed by atoms with Crippen LogP contribution in [0.1, 0.15) is 26.7 Å². The van der Waals surface area contributed by atoms with Gasteiger partial charge in [0.1, 0.15) is 0 Å². The molecule has 0 radical (unpaired) electrons. The number of halogens is 1. The number of nitrogens with two attached hydrogens (primary N) is 1. The second-order valence-corrected chi connectivity index (χ2v) is 3.82. The Labute approximate surface area is 86.1 Å². The van der Waals surface area contributed by atoms with Crippen molar-refractivity contribution in [1.29, 1.82) is 0 Å². The molecule has 0 aromatic heterocycles. The highest BCUT2D eigenvalue weighted by Crippen LogP contribution is 2.15. The van der Waals surface area contributed by atoms with Crippen molar-refractivity contribution < 1.29 is 4.79 Å². The van der Waals surface area contributed by atoms with Crippen molar-refractivity contribution in [2.24, 2.45) is 11.7 Å². The summed E-state index contributed by atoms with van der Waals surface area (Å²) in [6.07, 6.45) is 2.36. The van der Waals surface area contributed by atoms with Crippen molar-refractivity contribution >= 4 is 18.3 Å². The monoisotopic (exact) mass is 206 g/mol. The van der Waals surface area contributed by atoms with E-state index in [4.69, 9.17) is 5.73 Å². The summed E-state index contributed by atoms with van der Waals surface area (Å²) >= 11 is 0. The quantitative estimate of drug-likeness (QED) is 0.696. The van der Waals surface area contributed by atoms with E-state index in [-0.39, 0.29) is 24.4 Å². The van der Waals surface area contributed by atoms with Crippen molar-refractivity contribution in [2.75, 3.05) is 13.1 Å². The first kappa shape index (κ1) is 12.7. The molecule has 1 aliphatic rings. The number of rotatable bonds is 1. The molecule has 0 spiro atoms. The number of likely N-dealkylation sites (tertiary alicyclic amines) is 1. The molecule has 2 atom stereocenters. The molecule has 1 unspecified atom stereocenters. The standard InChI is InChI=1S/C9H18N2O.ClH/c1-7-4-3-5-11(6-7)9(12)8(2)10;/h7-8H,3-6,10H2,1-2H3;1H/t7-,8?;/m0./s1. The summed E-state index contributed by atoms with van der Waals surface area (Å²) in [6, 6.07) is -0.338. The molecule has 13 heavy (non-hydrogen) atoms. The van der Waals surface area contributed by atoms with Crippen LogP contribution in [0, 0.1) is 5.92 Å². The number of amides is 1. The lowest BCUT2D eigenvalue weighted by atomic mass is 10.00. The summed E-state index contributed by atoms with van der Waals surface area (Å²) in [4.78, 5) is 13.3. The SMILES string of the molecule is CC(N)C(=O)N1CCC[C@H](C)C1.Cl. The Morgan fingerprint density at radius 3 is 2.69 bits per heavy atom. The lowest BCUT2D eigenvalue weighted by Crippen LogP contribution is -2.46. The zero-order chi connectivity index (χ0) is 9.14. The van der Waals surface area contributed by atoms with E-state index < -0.39 is 0 Å². The van der Waals surface area contributed by atoms with Gasteiger partial charge in [0.2, 0.25) is 5.91 Å². The minimum absolute atomic E-state index is 0. The van der Waals surface area contributed by atoms with Crippen molar-refractivity contribution in [3.8, 4) is 0 Å². The van der Waals surface area contributed by atoms with E-state index in [9.17, 15) is 4.79 Å². The lowest BCUT2D eigenvalue weighted by molar-refractivity contribution is -0.133. The van der Waals surface area contributed by atoms with E-state index in [1.54, 1.807) is 6.92 Å². The Hall–Kier alpha value is -0.280. The molecule has 1 aliphatic heterocycles. The average molecular weight is 207 g/mol. The van der Waals surface area contributed by atoms with Crippen LogP contribution in [0.25, 0.3) is 0 Å². The minimum Gasteiger partial charge on any atom is -0.341 e. The van der Waals surface area contributed by atoms with Crippen LogP contribution >= 0.6 is 12.4 Å². The van der Waals surface area contributed by atoms with Gasteiger partial charge in [0, 0.05) is 13.1 Å². The van der Waals surface area contributed by atoms with Gasteiger partial charge in [-0.25, -0.2) is 0 Å². The van der Waals surface area contributed by atoms with Crippen molar-refractivity contribution in [3.05, 3.63) is 0 Å². The van der Waals surface area contributed by atoms with Crippen molar-refractivity contribution in [2.45, 2.75) is 32.7 Å². The van der Waals surface area contributed by atoms with Crippen molar-refractivity contribution in [3.63, 3.8) is 0 Å². The summed E-state index contributed by atoms with van der Waals surface area (Å²) in [5, 5.41) is 0. The maximum Gasteiger partial charge on any atom is 0.239 e. The Morgan fingerprint density at radius 2 is 2.23 bits per heavy atom. The molecule has 1 fully saturated rings. The first-order valence-electron chi connectivity index (χ1n) is 4.65. The number of nitrogens with zero attached hydrogens (tertiary/aromatic N) is 1. The second-order valence-electron chi connectivity index (χ2n) is 3.82. The van der Waals surface area contributed by atoms with Gasteiger partial charge in [-0.1, -0.05) is 6.92 Å². The highest BCUT2D eigenvalue weighted by atomic mass is 35.5. The zero-order valence-corrected chi connectivity index (χ0v) is 9.14. The van der Waals surface area contributed by atoms with Crippen LogP contribution in [0.4, 0.5) is 0 Å². The van der Waals surface area contributed by atoms with Gasteiger partial charge in [-0.2, -0.15) is 0 Å². The normalized spacial score (nSPS) is 24.8. The van der Waals surface area contributed by atoms with Crippen molar-refractivity contribution in [1.82, 2.24) is 4.90 Å². The Morgan fingerprint density at radius 1 is 1.62 bits per heavy atom. The van der Waals surface area contributed by atoms with Crippen LogP contribution in [-0.2, 0) is 4.79 Å². The Balaban J connectivity index is 0.00000144. The molecule has 1 amide bonds. The molecule has 0 aromatic carbocycles. The van der Waals surface area contributed by atoms with Crippen LogP contribution < -0.4 is 5.73 Å². The summed E-state index contributed by atoms with van der Waals surface area (Å²) in [5.74, 6) is 0.739. The van der Waals surface area contributed by atoms with E-state index in [1.807, 2.05) is 4.90 Å². The molecule has 0 bridgehead atoms. The topological polar surface area (TPSA) is 46.3 Å². The molecule has 4 heteroatoms. The molecule has 78 valence electrons. The van der Waals surface area contributed by atoms with Crippen LogP contribution in [0.5, 0.6) is 0 Å². The molecular weight excluding hydrogens is 188 g/mol. The summed E-state index contributed by atoms with van der Waals surface area (Å²) in [5.41, 5.74) is 5.52. The first-order valence-corrected chi connectivity index (χ1v) is 4.65. The summed E-state index contributed by atoms with van der Waals surface area (Å²) in [7, 11) is 0. The van der Waals surface area contributed by atoms with Crippen LogP contribution in [-0.4, -0.2) is 29.9 Å². The lowest BCUT2D eigenvalue weighted by Gasteiger charge is -2.31. The van der Waals surface area contributed by atoms with Gasteiger partial charge in [-0.15, -0.1) is 12.4 Å². The van der Waals surface area contributed by atoms with Gasteiger partial charge in [0.25, 0.3) is 0 Å². The van der Waals surface area contributed by atoms with Crippen LogP contribution in [0.2, 0.25) is 0 Å². The second kappa shape index (κ2) is 5.45. The van der Waals surface area contributed by atoms with Gasteiger partial charge in [-0.3, -0.25) is 4.79 Å². The van der Waals surface area contributed by atoms with Gasteiger partial charge in [-0.05, 0) is 25.7 Å². The fourth-order valence-corrected chi connectivity index (χ4v) is 1.68. The van der Waals surface area contributed by atoms with E-state index >= 15 is 0 Å². The number of hydrogen-bond donors (Lipinski definition) is 1. The van der Waals surface area contributed by atoms with E-state index in [0.717, 1.165) is 19.5 Å². The highest BCUT2D eigenvalue weighted by Gasteiger charge is 2.22. The molecule has 3 nitrogen and oxygen atoms in total. The number of carbonyl (C=O) groups is 1. The third kappa shape index (κ3) is 3.53. The fraction of sp³-hybridized carbons (Fsp3) is 0.889. The van der Waals surface area contributed by atoms with Gasteiger partial charge in [0.15, 0.2) is 0 Å². The maximum absolute atomic E-state index is 11.4. The third-order valence-corrected chi connectivity index (χ3v) is 2.36. The Kier molecular flexibility index (Phi) is 5.33. The average Bonchev–Trinajstić information content (AvgIpc) is 2.03. The summed E-state index contributed by atoms with van der Waals surface area (Å²) in [6.45, 7) is 5.72. The molecule has 0 saturated carbocycles. The largest absolute Gasteiger partial charge is 0.341 e. The molecule has 0 aliphatic carbocycles. The molecule has 1 rings (SSSR count). The van der Waals surface area contributed by atoms with Gasteiger partial charge in [0.05, 0.1) is 6.04 Å². The Bertz CT molecular complexity index is 173. The van der Waals surface area contributed by atoms with Gasteiger partial charge >= 0.3 is 0 Å². The smallest absolute Gasteiger partial charge is 0.239 e.